The third-order valence-corrected chi connectivity index (χ3v) is 17.5. The summed E-state index contributed by atoms with van der Waals surface area (Å²) in [5.41, 5.74) is 5.87. The highest BCUT2D eigenvalue weighted by Crippen LogP contribution is 2.35. The number of pyridine rings is 2. The summed E-state index contributed by atoms with van der Waals surface area (Å²) in [6.45, 7) is 4.82. The Morgan fingerprint density at radius 2 is 1.11 bits per heavy atom. The van der Waals surface area contributed by atoms with Crippen molar-refractivity contribution in [3.63, 3.8) is 0 Å². The first-order chi connectivity index (χ1) is 40.4. The molecular weight excluding hydrogens is 1070 g/mol. The monoisotopic (exact) mass is 1140 g/mol. The number of anilines is 4. The quantitative estimate of drug-likeness (QED) is 0.0625. The molecule has 2 aliphatic carbocycles. The summed E-state index contributed by atoms with van der Waals surface area (Å²) in [4.78, 5) is 71.0. The molecule has 0 atom stereocenters. The van der Waals surface area contributed by atoms with E-state index < -0.39 is 15.9 Å². The van der Waals surface area contributed by atoms with Crippen LogP contribution in [0.4, 0.5) is 23.5 Å². The molecule has 83 heavy (non-hydrogen) atoms. The number of rotatable bonds is 18. The number of benzene rings is 4. The van der Waals surface area contributed by atoms with E-state index in [1.54, 1.807) is 122 Å². The third kappa shape index (κ3) is 13.0. The number of nitrogens with zero attached hydrogens (tertiary/aromatic N) is 8. The first-order valence-corrected chi connectivity index (χ1v) is 29.6. The summed E-state index contributed by atoms with van der Waals surface area (Å²) in [6.07, 6.45) is 14.4. The molecular formula is C62H66N12O8S. The van der Waals surface area contributed by atoms with Gasteiger partial charge in [0, 0.05) is 105 Å². The zero-order valence-electron chi connectivity index (χ0n) is 46.6. The summed E-state index contributed by atoms with van der Waals surface area (Å²) in [5, 5.41) is 13.9. The van der Waals surface area contributed by atoms with Gasteiger partial charge in [-0.25, -0.2) is 38.3 Å². The van der Waals surface area contributed by atoms with Gasteiger partial charge in [-0.15, -0.1) is 0 Å². The topological polar surface area (TPSA) is 245 Å². The maximum atomic E-state index is 14.1. The van der Waals surface area contributed by atoms with Crippen molar-refractivity contribution in [3.8, 4) is 22.3 Å². The van der Waals surface area contributed by atoms with Crippen LogP contribution in [0.1, 0.15) is 94.9 Å². The average Bonchev–Trinajstić information content (AvgIpc) is 3.40. The number of fused-ring (bicyclic) bond motifs is 2. The summed E-state index contributed by atoms with van der Waals surface area (Å²) < 4.78 is 46.4. The van der Waals surface area contributed by atoms with Crippen LogP contribution in [-0.4, -0.2) is 137 Å². The van der Waals surface area contributed by atoms with E-state index in [0.29, 0.717) is 111 Å². The lowest BCUT2D eigenvalue weighted by Gasteiger charge is -2.28. The molecule has 3 fully saturated rings. The van der Waals surface area contributed by atoms with Gasteiger partial charge >= 0.3 is 0 Å². The van der Waals surface area contributed by atoms with E-state index >= 15 is 0 Å². The van der Waals surface area contributed by atoms with Gasteiger partial charge in [-0.05, 0) is 124 Å². The van der Waals surface area contributed by atoms with Crippen molar-refractivity contribution in [2.75, 3.05) is 68.3 Å². The van der Waals surface area contributed by atoms with E-state index in [2.05, 4.69) is 36.2 Å². The van der Waals surface area contributed by atoms with Gasteiger partial charge in [0.15, 0.2) is 0 Å². The van der Waals surface area contributed by atoms with Crippen LogP contribution in [0.3, 0.4) is 0 Å². The minimum Gasteiger partial charge on any atom is -0.381 e. The first-order valence-electron chi connectivity index (χ1n) is 28.2. The zero-order chi connectivity index (χ0) is 57.5. The van der Waals surface area contributed by atoms with Gasteiger partial charge in [0.25, 0.3) is 17.7 Å². The van der Waals surface area contributed by atoms with Crippen molar-refractivity contribution in [1.29, 1.82) is 0 Å². The third-order valence-electron chi connectivity index (χ3n) is 15.7. The Hall–Kier alpha value is -8.34. The number of amides is 3. The summed E-state index contributed by atoms with van der Waals surface area (Å²) in [5.74, 6) is 0.609. The number of methoxy groups -OCH3 is 1. The molecule has 0 bridgehead atoms. The normalized spacial score (nSPS) is 18.4. The molecule has 20 nitrogen and oxygen atoms in total. The van der Waals surface area contributed by atoms with Crippen molar-refractivity contribution in [3.05, 3.63) is 150 Å². The van der Waals surface area contributed by atoms with Crippen LogP contribution in [0.25, 0.3) is 44.1 Å². The molecule has 4 aromatic heterocycles. The van der Waals surface area contributed by atoms with E-state index in [1.807, 2.05) is 25.1 Å². The van der Waals surface area contributed by atoms with Crippen LogP contribution < -0.4 is 21.3 Å². The Morgan fingerprint density at radius 3 is 1.63 bits per heavy atom. The zero-order valence-corrected chi connectivity index (χ0v) is 47.4. The Balaban J connectivity index is 0.785. The van der Waals surface area contributed by atoms with E-state index in [0.717, 1.165) is 56.9 Å². The molecule has 1 saturated heterocycles. The number of nitrogens with one attached hydrogen (secondary N) is 4. The molecule has 3 amide bonds. The maximum Gasteiger partial charge on any atom is 0.256 e. The number of ether oxygens (including phenoxy) is 3. The van der Waals surface area contributed by atoms with Gasteiger partial charge in [0.1, 0.15) is 11.6 Å². The molecule has 4 aromatic carbocycles. The van der Waals surface area contributed by atoms with Crippen LogP contribution in [0.5, 0.6) is 0 Å². The second kappa shape index (κ2) is 25.4. The SMILES string of the molecule is CCO[C@H]1CC[C@H](Nc2ncc3c(NC(=O)c4ccc(CN(C)S(=O)(=O)c5ccc(-c6cnc(NC(=O)c7ccccc7)c7cnc(N[C@H]8CC[C@H](OC)CC8)nc67)cc5)cc4)ncc(-c4ccc(C(=O)N5CCOCC5)cc4)c3n2)CC1. The van der Waals surface area contributed by atoms with Crippen molar-refractivity contribution in [1.82, 2.24) is 39.1 Å². The maximum absolute atomic E-state index is 14.1. The lowest BCUT2D eigenvalue weighted by atomic mass is 9.93. The molecule has 1 aliphatic heterocycles. The fourth-order valence-corrected chi connectivity index (χ4v) is 12.2. The van der Waals surface area contributed by atoms with Gasteiger partial charge in [0.2, 0.25) is 21.9 Å². The fourth-order valence-electron chi connectivity index (χ4n) is 11.0. The highest BCUT2D eigenvalue weighted by Gasteiger charge is 2.27. The van der Waals surface area contributed by atoms with Crippen molar-refractivity contribution in [2.24, 2.45) is 0 Å². The lowest BCUT2D eigenvalue weighted by molar-refractivity contribution is 0.0303. The predicted octanol–water partition coefficient (Wildman–Crippen LogP) is 9.62. The molecule has 0 radical (unpaired) electrons. The second-order valence-electron chi connectivity index (χ2n) is 21.1. The summed E-state index contributed by atoms with van der Waals surface area (Å²) in [7, 11) is -0.752. The standard InChI is InChI=1S/C62H66N12O8S/c1-4-82-48-26-22-46(23-27-48)68-62-66-36-52-54(69-62)50(40-14-16-44(17-15-40)60(77)74-30-32-81-33-31-74)34-63-57(52)72-59(76)43-12-10-39(11-13-43)38-73(2)83(78,79)49-28-18-41(19-29-49)51-35-64-56(71-58(75)42-8-6-5-7-9-42)53-37-65-61(70-55(51)53)67-45-20-24-47(80-3)25-21-45/h5-19,28-29,34-37,45-48H,4,20-27,30-33,38H2,1-3H3,(H,63,72,76)(H,64,71,75)(H,65,67,70)(H,66,68,69)/t45-,46-,47-,48-. The predicted molar refractivity (Wildman–Crippen MR) is 318 cm³/mol. The van der Waals surface area contributed by atoms with E-state index in [9.17, 15) is 22.8 Å². The minimum absolute atomic E-state index is 0.0220. The highest BCUT2D eigenvalue weighted by atomic mass is 32.2. The fraction of sp³-hybridized carbons (Fsp3) is 0.339. The van der Waals surface area contributed by atoms with Crippen LogP contribution in [0.15, 0.2) is 133 Å². The van der Waals surface area contributed by atoms with Crippen LogP contribution in [-0.2, 0) is 30.8 Å². The summed E-state index contributed by atoms with van der Waals surface area (Å²) >= 11 is 0. The molecule has 21 heteroatoms. The number of sulfonamides is 1. The summed E-state index contributed by atoms with van der Waals surface area (Å²) in [6, 6.07) is 29.8. The average molecular weight is 1140 g/mol. The molecule has 0 spiro atoms. The Labute approximate surface area is 481 Å². The number of hydrogen-bond donors (Lipinski definition) is 4. The molecule has 11 rings (SSSR count). The molecule has 3 aliphatic rings. The van der Waals surface area contributed by atoms with Gasteiger partial charge in [-0.2, -0.15) is 4.31 Å². The number of hydrogen-bond acceptors (Lipinski definition) is 16. The minimum atomic E-state index is -4.00. The van der Waals surface area contributed by atoms with Crippen LogP contribution >= 0.6 is 0 Å². The molecule has 8 aromatic rings. The highest BCUT2D eigenvalue weighted by molar-refractivity contribution is 7.89. The smallest absolute Gasteiger partial charge is 0.256 e. The van der Waals surface area contributed by atoms with Crippen molar-refractivity contribution >= 4 is 73.1 Å². The number of morpholine rings is 1. The molecule has 5 heterocycles. The number of aromatic nitrogens is 6. The Bertz CT molecular complexity index is 3730. The number of carbonyl (C=O) groups is 3. The lowest BCUT2D eigenvalue weighted by Crippen LogP contribution is -2.40. The van der Waals surface area contributed by atoms with Gasteiger partial charge in [0.05, 0.1) is 52.1 Å². The van der Waals surface area contributed by atoms with Gasteiger partial charge in [-0.1, -0.05) is 54.6 Å². The van der Waals surface area contributed by atoms with E-state index in [4.69, 9.17) is 29.2 Å². The molecule has 0 unspecified atom stereocenters. The van der Waals surface area contributed by atoms with Crippen molar-refractivity contribution in [2.45, 2.75) is 94.0 Å². The largest absolute Gasteiger partial charge is 0.381 e. The molecule has 4 N–H and O–H groups in total. The Morgan fingerprint density at radius 1 is 0.614 bits per heavy atom. The number of carbonyl (C=O) groups excluding carboxylic acids is 3. The van der Waals surface area contributed by atoms with E-state index in [1.165, 1.54) is 11.4 Å². The van der Waals surface area contributed by atoms with Gasteiger partial charge in [-0.3, -0.25) is 14.4 Å². The Kier molecular flexibility index (Phi) is 17.3. The van der Waals surface area contributed by atoms with Crippen LogP contribution in [0, 0.1) is 0 Å². The van der Waals surface area contributed by atoms with E-state index in [-0.39, 0.29) is 53.4 Å². The van der Waals surface area contributed by atoms with Crippen LogP contribution in [0.2, 0.25) is 0 Å². The van der Waals surface area contributed by atoms with Crippen molar-refractivity contribution < 1.29 is 37.0 Å². The molecule has 428 valence electrons. The van der Waals surface area contributed by atoms with Gasteiger partial charge < -0.3 is 40.4 Å². The first kappa shape index (κ1) is 56.5. The molecule has 2 saturated carbocycles. The second-order valence-corrected chi connectivity index (χ2v) is 23.2.